The molecule has 0 fully saturated rings. The number of hydrogen-bond donors (Lipinski definition) is 0. The zero-order valence-electron chi connectivity index (χ0n) is 47.9. The molecule has 13 aromatic carbocycles. The molecule has 6 aromatic heterocycles. The summed E-state index contributed by atoms with van der Waals surface area (Å²) in [6, 6.07) is 90.2. The molecule has 0 N–H and O–H groups in total. The van der Waals surface area contributed by atoms with Gasteiger partial charge in [0.25, 0.3) is 0 Å². The summed E-state index contributed by atoms with van der Waals surface area (Å²) in [7, 11) is 0. The van der Waals surface area contributed by atoms with Crippen LogP contribution in [-0.4, -0.2) is 8.80 Å². The van der Waals surface area contributed by atoms with E-state index in [1.54, 1.807) is 0 Å². The van der Waals surface area contributed by atoms with E-state index >= 15 is 0 Å². The van der Waals surface area contributed by atoms with Crippen molar-refractivity contribution < 1.29 is 8.83 Å². The molecule has 0 saturated heterocycles. The van der Waals surface area contributed by atoms with Crippen LogP contribution in [0.3, 0.4) is 0 Å². The summed E-state index contributed by atoms with van der Waals surface area (Å²) < 4.78 is 18.5. The summed E-state index contributed by atoms with van der Waals surface area (Å²) in [5.74, 6) is 0.858. The van der Waals surface area contributed by atoms with E-state index in [2.05, 4.69) is 289 Å². The molecule has 86 heavy (non-hydrogen) atoms. The zero-order valence-corrected chi connectivity index (χ0v) is 47.9. The second-order valence-corrected chi connectivity index (χ2v) is 24.5. The monoisotopic (exact) mass is 1100 g/mol. The Kier molecular flexibility index (Phi) is 9.63. The lowest BCUT2D eigenvalue weighted by Gasteiger charge is -2.26. The third-order valence-electron chi connectivity index (χ3n) is 19.0. The molecule has 6 heterocycles. The van der Waals surface area contributed by atoms with E-state index in [0.29, 0.717) is 11.8 Å². The molecule has 0 aliphatic heterocycles. The first kappa shape index (κ1) is 47.6. The molecule has 0 amide bonds. The molecule has 6 nitrogen and oxygen atoms in total. The van der Waals surface area contributed by atoms with Crippen LogP contribution in [0.1, 0.15) is 50.7 Å². The van der Waals surface area contributed by atoms with Gasteiger partial charge in [-0.15, -0.1) is 0 Å². The van der Waals surface area contributed by atoms with E-state index in [-0.39, 0.29) is 0 Å². The van der Waals surface area contributed by atoms with Gasteiger partial charge in [-0.1, -0.05) is 137 Å². The number of rotatable bonds is 8. The van der Waals surface area contributed by atoms with Crippen LogP contribution in [0.15, 0.2) is 251 Å². The minimum Gasteiger partial charge on any atom is -0.456 e. The van der Waals surface area contributed by atoms with Crippen molar-refractivity contribution in [3.8, 4) is 0 Å². The van der Waals surface area contributed by atoms with Crippen LogP contribution in [-0.2, 0) is 0 Å². The Morgan fingerprint density at radius 1 is 0.256 bits per heavy atom. The summed E-state index contributed by atoms with van der Waals surface area (Å²) in [4.78, 5) is 4.80. The molecule has 0 spiro atoms. The Bertz CT molecular complexity index is 5670. The Hall–Kier alpha value is -10.8. The zero-order chi connectivity index (χ0) is 56.8. The summed E-state index contributed by atoms with van der Waals surface area (Å²) in [5, 5.41) is 19.0. The van der Waals surface area contributed by atoms with Crippen LogP contribution >= 0.6 is 0 Å². The van der Waals surface area contributed by atoms with Crippen LogP contribution in [0.2, 0.25) is 0 Å². The van der Waals surface area contributed by atoms with Gasteiger partial charge in [0.1, 0.15) is 22.3 Å². The number of furan rings is 2. The van der Waals surface area contributed by atoms with Gasteiger partial charge in [-0.3, -0.25) is 0 Å². The number of benzene rings is 13. The molecular weight excluding hydrogens is 1050 g/mol. The van der Waals surface area contributed by atoms with Crippen molar-refractivity contribution >= 4 is 176 Å². The maximum absolute atomic E-state index is 6.82. The fourth-order valence-corrected chi connectivity index (χ4v) is 14.8. The number of hydrogen-bond acceptors (Lipinski definition) is 4. The third kappa shape index (κ3) is 6.66. The van der Waals surface area contributed by atoms with Crippen LogP contribution < -0.4 is 9.80 Å². The number of para-hydroxylation sites is 4. The van der Waals surface area contributed by atoms with Crippen molar-refractivity contribution in [3.63, 3.8) is 0 Å². The van der Waals surface area contributed by atoms with Crippen LogP contribution in [0.25, 0.3) is 142 Å². The quantitative estimate of drug-likeness (QED) is 0.152. The van der Waals surface area contributed by atoms with Gasteiger partial charge in [0, 0.05) is 105 Å². The van der Waals surface area contributed by atoms with Crippen molar-refractivity contribution in [1.82, 2.24) is 8.80 Å². The average molecular weight is 1100 g/mol. The van der Waals surface area contributed by atoms with Gasteiger partial charge in [0.2, 0.25) is 0 Å². The number of anilines is 6. The molecule has 0 unspecified atom stereocenters. The molecule has 6 heteroatoms. The van der Waals surface area contributed by atoms with Crippen molar-refractivity contribution in [2.24, 2.45) is 0 Å². The molecule has 19 aromatic rings. The molecule has 406 valence electrons. The lowest BCUT2D eigenvalue weighted by atomic mass is 10.0. The van der Waals surface area contributed by atoms with Gasteiger partial charge in [0.05, 0.1) is 33.1 Å². The van der Waals surface area contributed by atoms with Crippen LogP contribution in [0, 0.1) is 0 Å². The topological polar surface area (TPSA) is 41.6 Å². The summed E-state index contributed by atoms with van der Waals surface area (Å²) in [6.45, 7) is 9.01. The molecule has 0 aliphatic carbocycles. The fraction of sp³-hybridized carbons (Fsp3) is 0.0750. The number of nitrogens with zero attached hydrogens (tertiary/aromatic N) is 4. The van der Waals surface area contributed by atoms with Crippen molar-refractivity contribution in [2.75, 3.05) is 9.80 Å². The van der Waals surface area contributed by atoms with Gasteiger partial charge in [-0.25, -0.2) is 0 Å². The van der Waals surface area contributed by atoms with Gasteiger partial charge in [0.15, 0.2) is 0 Å². The molecular formula is C80H54N4O2. The first-order valence-corrected chi connectivity index (χ1v) is 30.1. The van der Waals surface area contributed by atoms with E-state index in [0.717, 1.165) is 99.5 Å². The van der Waals surface area contributed by atoms with Crippen LogP contribution in [0.4, 0.5) is 34.1 Å². The van der Waals surface area contributed by atoms with Crippen molar-refractivity contribution in [1.29, 1.82) is 0 Å². The van der Waals surface area contributed by atoms with E-state index in [1.165, 1.54) is 87.3 Å². The number of aromatic nitrogens is 2. The SMILES string of the molecule is CC(C)c1ccc(N(c2ccc3cc4c(cc3c2)oc2cc3oc5cc6cc(N(c7ccc(C(C)C)cc7)c7ccc8c(c7)c7cccc9c%10ccccc%10n8c97)ccc6cc5c3cc24)c2ccc3c(c2)c2cccc4c5ccccc5n3c42)cc1. The Morgan fingerprint density at radius 2 is 0.605 bits per heavy atom. The largest absolute Gasteiger partial charge is 0.456 e. The van der Waals surface area contributed by atoms with E-state index < -0.39 is 0 Å². The van der Waals surface area contributed by atoms with Gasteiger partial charge in [-0.05, 0) is 172 Å². The van der Waals surface area contributed by atoms with E-state index in [4.69, 9.17) is 8.83 Å². The molecule has 0 aliphatic rings. The maximum atomic E-state index is 6.82. The Morgan fingerprint density at radius 3 is 1.05 bits per heavy atom. The lowest BCUT2D eigenvalue weighted by Crippen LogP contribution is -2.10. The predicted octanol–water partition coefficient (Wildman–Crippen LogP) is 23.3. The first-order chi connectivity index (χ1) is 42.2. The van der Waals surface area contributed by atoms with E-state index in [1.807, 2.05) is 0 Å². The maximum Gasteiger partial charge on any atom is 0.139 e. The summed E-state index contributed by atoms with van der Waals surface area (Å²) >= 11 is 0. The second kappa shape index (κ2) is 17.4. The normalized spacial score (nSPS) is 12.6. The standard InChI is InChI=1S/C80H54N4O2/c1-45(2)47-19-25-53(26-20-47)81(57-31-33-73-65(41-57)63-15-9-13-61-59-11-5-7-17-71(59)83(73)79(61)63)55-29-23-49-37-67-69-43-70-68-38-50-24-30-56(36-52(50)40-76(68)86-78(70)44-77(69)85-75(67)39-51(49)35-55)82(54-27-21-48(22-28-54)46(3)4)58-32-34-74-66(42-58)64-16-10-14-62-60-12-6-8-18-72(60)84(74)80(62)64/h5-46H,1-4H3. The lowest BCUT2D eigenvalue weighted by molar-refractivity contribution is 0.656. The molecule has 19 rings (SSSR count). The molecule has 0 atom stereocenters. The average Bonchev–Trinajstić information content (AvgIpc) is 1.65. The molecule has 0 saturated carbocycles. The Labute approximate surface area is 493 Å². The summed E-state index contributed by atoms with van der Waals surface area (Å²) in [5.41, 5.74) is 20.0. The Balaban J connectivity index is 0.708. The summed E-state index contributed by atoms with van der Waals surface area (Å²) in [6.07, 6.45) is 0. The van der Waals surface area contributed by atoms with Crippen molar-refractivity contribution in [3.05, 3.63) is 254 Å². The minimum absolute atomic E-state index is 0.429. The first-order valence-electron chi connectivity index (χ1n) is 30.1. The fourth-order valence-electron chi connectivity index (χ4n) is 14.8. The van der Waals surface area contributed by atoms with Gasteiger partial charge >= 0.3 is 0 Å². The predicted molar refractivity (Wildman–Crippen MR) is 363 cm³/mol. The molecule has 0 radical (unpaired) electrons. The highest BCUT2D eigenvalue weighted by molar-refractivity contribution is 6.26. The van der Waals surface area contributed by atoms with Gasteiger partial charge < -0.3 is 27.4 Å². The highest BCUT2D eigenvalue weighted by Gasteiger charge is 2.24. The smallest absolute Gasteiger partial charge is 0.139 e. The third-order valence-corrected chi connectivity index (χ3v) is 19.0. The van der Waals surface area contributed by atoms with Gasteiger partial charge in [-0.2, -0.15) is 0 Å². The molecule has 0 bridgehead atoms. The highest BCUT2D eigenvalue weighted by Crippen LogP contribution is 2.47. The van der Waals surface area contributed by atoms with Crippen molar-refractivity contribution in [2.45, 2.75) is 39.5 Å². The second-order valence-electron chi connectivity index (χ2n) is 24.5. The van der Waals surface area contributed by atoms with Crippen LogP contribution in [0.5, 0.6) is 0 Å². The highest BCUT2D eigenvalue weighted by atomic mass is 16.3. The van der Waals surface area contributed by atoms with E-state index in [9.17, 15) is 0 Å². The minimum atomic E-state index is 0.429. The number of fused-ring (bicyclic) bond motifs is 20.